The number of carbonyl (C=O) groups is 2. The van der Waals surface area contributed by atoms with Crippen molar-refractivity contribution in [2.75, 3.05) is 5.32 Å². The molecule has 7 nitrogen and oxygen atoms in total. The van der Waals surface area contributed by atoms with Crippen LogP contribution in [0.2, 0.25) is 0 Å². The maximum Gasteiger partial charge on any atom is 0.413 e. The average Bonchev–Trinajstić information content (AvgIpc) is 3.04. The van der Waals surface area contributed by atoms with Crippen LogP contribution in [-0.2, 0) is 17.9 Å². The van der Waals surface area contributed by atoms with Gasteiger partial charge in [-0.3, -0.25) is 5.32 Å². The van der Waals surface area contributed by atoms with Gasteiger partial charge in [0.05, 0.1) is 12.9 Å². The number of aromatic carboxylic acids is 1. The first-order chi connectivity index (χ1) is 12.6. The van der Waals surface area contributed by atoms with Crippen LogP contribution in [-0.4, -0.2) is 26.7 Å². The molecule has 0 saturated carbocycles. The molecule has 0 aliphatic carbocycles. The number of carbonyl (C=O) groups excluding carboxylic acids is 1. The Morgan fingerprint density at radius 3 is 2.23 bits per heavy atom. The zero-order valence-corrected chi connectivity index (χ0v) is 13.8. The van der Waals surface area contributed by atoms with E-state index in [9.17, 15) is 14.7 Å². The van der Waals surface area contributed by atoms with Crippen LogP contribution >= 0.6 is 0 Å². The smallest absolute Gasteiger partial charge is 0.413 e. The van der Waals surface area contributed by atoms with Gasteiger partial charge in [0.25, 0.3) is 0 Å². The molecule has 0 aliphatic rings. The fraction of sp³-hybridized carbons (Fsp3) is 0.105. The van der Waals surface area contributed by atoms with Crippen molar-refractivity contribution in [3.8, 4) is 0 Å². The molecule has 0 fully saturated rings. The Labute approximate surface area is 149 Å². The van der Waals surface area contributed by atoms with Crippen LogP contribution < -0.4 is 5.32 Å². The Hall–Kier alpha value is -3.61. The number of carboxylic acid groups (broad SMARTS) is 1. The monoisotopic (exact) mass is 351 g/mol. The first kappa shape index (κ1) is 17.2. The van der Waals surface area contributed by atoms with Crippen LogP contribution in [0, 0.1) is 0 Å². The summed E-state index contributed by atoms with van der Waals surface area (Å²) in [5.74, 6) is -1.14. The van der Waals surface area contributed by atoms with Crippen molar-refractivity contribution in [2.24, 2.45) is 0 Å². The Kier molecular flexibility index (Phi) is 5.28. The lowest BCUT2D eigenvalue weighted by molar-refractivity contribution is 0.0692. The third-order valence-corrected chi connectivity index (χ3v) is 3.67. The predicted octanol–water partition coefficient (Wildman–Crippen LogP) is 3.38. The highest BCUT2D eigenvalue weighted by Crippen LogP contribution is 2.17. The summed E-state index contributed by atoms with van der Waals surface area (Å²) in [6.45, 7) is 0.456. The second-order valence-electron chi connectivity index (χ2n) is 5.55. The van der Waals surface area contributed by atoms with Gasteiger partial charge >= 0.3 is 12.1 Å². The van der Waals surface area contributed by atoms with Gasteiger partial charge < -0.3 is 14.4 Å². The molecular formula is C19H17N3O4. The van der Waals surface area contributed by atoms with Crippen molar-refractivity contribution in [2.45, 2.75) is 13.2 Å². The summed E-state index contributed by atoms with van der Waals surface area (Å²) in [7, 11) is 0. The van der Waals surface area contributed by atoms with Gasteiger partial charge in [-0.2, -0.15) is 0 Å². The summed E-state index contributed by atoms with van der Waals surface area (Å²) < 4.78 is 6.72. The molecular weight excluding hydrogens is 334 g/mol. The summed E-state index contributed by atoms with van der Waals surface area (Å²) in [6.07, 6.45) is 0.634. The van der Waals surface area contributed by atoms with Gasteiger partial charge in [-0.15, -0.1) is 0 Å². The molecule has 0 radical (unpaired) electrons. The number of aromatic nitrogens is 2. The molecule has 0 unspecified atom stereocenters. The zero-order valence-electron chi connectivity index (χ0n) is 13.8. The Morgan fingerprint density at radius 1 is 1.00 bits per heavy atom. The first-order valence-corrected chi connectivity index (χ1v) is 7.93. The van der Waals surface area contributed by atoms with Gasteiger partial charge in [0.2, 0.25) is 0 Å². The van der Waals surface area contributed by atoms with Gasteiger partial charge in [0, 0.05) is 0 Å². The van der Waals surface area contributed by atoms with Crippen molar-refractivity contribution < 1.29 is 19.4 Å². The van der Waals surface area contributed by atoms with Crippen molar-refractivity contribution in [3.05, 3.63) is 83.8 Å². The zero-order chi connectivity index (χ0) is 18.4. The van der Waals surface area contributed by atoms with Crippen molar-refractivity contribution in [1.82, 2.24) is 9.55 Å². The second kappa shape index (κ2) is 7.98. The number of carboxylic acids is 1. The summed E-state index contributed by atoms with van der Waals surface area (Å²) in [4.78, 5) is 27.4. The third-order valence-electron chi connectivity index (χ3n) is 3.67. The van der Waals surface area contributed by atoms with E-state index in [1.54, 1.807) is 4.57 Å². The minimum absolute atomic E-state index is 0.0828. The highest BCUT2D eigenvalue weighted by molar-refractivity contribution is 5.96. The molecule has 0 atom stereocenters. The number of nitrogens with zero attached hydrogens (tertiary/aromatic N) is 2. The molecule has 26 heavy (non-hydrogen) atoms. The summed E-state index contributed by atoms with van der Waals surface area (Å²) in [5, 5.41) is 11.8. The summed E-state index contributed by atoms with van der Waals surface area (Å²) in [5.41, 5.74) is 1.54. The number of hydrogen-bond acceptors (Lipinski definition) is 4. The minimum Gasteiger partial charge on any atom is -0.476 e. The number of hydrogen-bond donors (Lipinski definition) is 2. The standard InChI is InChI=1S/C19H17N3O4/c23-18(24)16-17(21-19(25)26-12-15-9-5-2-6-10-15)22(13-20-16)11-14-7-3-1-4-8-14/h1-10,13H,11-12H2,(H,21,25)(H,23,24). The maximum absolute atomic E-state index is 12.1. The molecule has 132 valence electrons. The van der Waals surface area contributed by atoms with E-state index in [4.69, 9.17) is 4.74 Å². The molecule has 7 heteroatoms. The van der Waals surface area contributed by atoms with E-state index < -0.39 is 12.1 Å². The summed E-state index contributed by atoms with van der Waals surface area (Å²) >= 11 is 0. The molecule has 0 bridgehead atoms. The van der Waals surface area contributed by atoms with Crippen LogP contribution in [0.4, 0.5) is 10.6 Å². The largest absolute Gasteiger partial charge is 0.476 e. The molecule has 0 spiro atoms. The molecule has 0 aliphatic heterocycles. The third kappa shape index (κ3) is 4.27. The fourth-order valence-corrected chi connectivity index (χ4v) is 2.43. The molecule has 0 saturated heterocycles. The van der Waals surface area contributed by atoms with Crippen LogP contribution in [0.5, 0.6) is 0 Å². The number of anilines is 1. The highest BCUT2D eigenvalue weighted by atomic mass is 16.5. The lowest BCUT2D eigenvalue weighted by Crippen LogP contribution is -2.18. The van der Waals surface area contributed by atoms with E-state index in [2.05, 4.69) is 10.3 Å². The van der Waals surface area contributed by atoms with Crippen LogP contribution in [0.1, 0.15) is 21.6 Å². The Morgan fingerprint density at radius 2 is 1.62 bits per heavy atom. The van der Waals surface area contributed by atoms with E-state index in [-0.39, 0.29) is 18.1 Å². The van der Waals surface area contributed by atoms with E-state index >= 15 is 0 Å². The Balaban J connectivity index is 1.73. The van der Waals surface area contributed by atoms with Gasteiger partial charge in [-0.25, -0.2) is 14.6 Å². The molecule has 2 N–H and O–H groups in total. The number of imidazole rings is 1. The van der Waals surface area contributed by atoms with Crippen molar-refractivity contribution in [1.29, 1.82) is 0 Å². The maximum atomic E-state index is 12.1. The Bertz CT molecular complexity index is 892. The number of rotatable bonds is 6. The van der Waals surface area contributed by atoms with Crippen molar-refractivity contribution in [3.63, 3.8) is 0 Å². The number of amides is 1. The highest BCUT2D eigenvalue weighted by Gasteiger charge is 2.20. The molecule has 2 aromatic carbocycles. The molecule has 3 rings (SSSR count). The summed E-state index contributed by atoms with van der Waals surface area (Å²) in [6, 6.07) is 18.7. The number of benzene rings is 2. The molecule has 1 heterocycles. The molecule has 1 amide bonds. The quantitative estimate of drug-likeness (QED) is 0.710. The number of nitrogens with one attached hydrogen (secondary N) is 1. The van der Waals surface area contributed by atoms with E-state index in [0.717, 1.165) is 11.1 Å². The lowest BCUT2D eigenvalue weighted by atomic mass is 10.2. The van der Waals surface area contributed by atoms with Crippen molar-refractivity contribution >= 4 is 17.9 Å². The van der Waals surface area contributed by atoms with Crippen LogP contribution in [0.3, 0.4) is 0 Å². The minimum atomic E-state index is -1.23. The van der Waals surface area contributed by atoms with Gasteiger partial charge in [-0.05, 0) is 11.1 Å². The fourth-order valence-electron chi connectivity index (χ4n) is 2.43. The van der Waals surface area contributed by atoms with Gasteiger partial charge in [-0.1, -0.05) is 60.7 Å². The molecule has 3 aromatic rings. The lowest BCUT2D eigenvalue weighted by Gasteiger charge is -2.11. The average molecular weight is 351 g/mol. The number of ether oxygens (including phenoxy) is 1. The molecule has 1 aromatic heterocycles. The second-order valence-corrected chi connectivity index (χ2v) is 5.55. The van der Waals surface area contributed by atoms with E-state index in [1.807, 2.05) is 60.7 Å². The predicted molar refractivity (Wildman–Crippen MR) is 95.0 cm³/mol. The van der Waals surface area contributed by atoms with Crippen LogP contribution in [0.25, 0.3) is 0 Å². The van der Waals surface area contributed by atoms with Gasteiger partial charge in [0.1, 0.15) is 6.61 Å². The van der Waals surface area contributed by atoms with E-state index in [1.165, 1.54) is 6.33 Å². The van der Waals surface area contributed by atoms with E-state index in [0.29, 0.717) is 6.54 Å². The van der Waals surface area contributed by atoms with Crippen LogP contribution in [0.15, 0.2) is 67.0 Å². The van der Waals surface area contributed by atoms with Gasteiger partial charge in [0.15, 0.2) is 11.5 Å². The topological polar surface area (TPSA) is 93.5 Å². The SMILES string of the molecule is O=C(Nc1c(C(=O)O)ncn1Cc1ccccc1)OCc1ccccc1. The first-order valence-electron chi connectivity index (χ1n) is 7.93. The normalized spacial score (nSPS) is 10.3.